The van der Waals surface area contributed by atoms with Gasteiger partial charge in [-0.1, -0.05) is 24.3 Å². The zero-order chi connectivity index (χ0) is 15.2. The van der Waals surface area contributed by atoms with Gasteiger partial charge in [-0.05, 0) is 43.3 Å². The van der Waals surface area contributed by atoms with Gasteiger partial charge in [0.15, 0.2) is 0 Å². The van der Waals surface area contributed by atoms with E-state index in [9.17, 15) is 4.79 Å². The summed E-state index contributed by atoms with van der Waals surface area (Å²) in [6.07, 6.45) is 0.365. The molecule has 0 unspecified atom stereocenters. The van der Waals surface area contributed by atoms with Crippen molar-refractivity contribution in [3.05, 3.63) is 51.7 Å². The van der Waals surface area contributed by atoms with Gasteiger partial charge in [-0.2, -0.15) is 0 Å². The van der Waals surface area contributed by atoms with Crippen molar-refractivity contribution in [1.29, 1.82) is 0 Å². The molecule has 0 fully saturated rings. The molecule has 112 valence electrons. The van der Waals surface area contributed by atoms with Gasteiger partial charge in [0.25, 0.3) is 0 Å². The maximum absolute atomic E-state index is 11.9. The molecule has 2 rings (SSSR count). The first-order chi connectivity index (χ1) is 10.1. The molecule has 4 heteroatoms. The lowest BCUT2D eigenvalue weighted by Gasteiger charge is -2.14. The zero-order valence-corrected chi connectivity index (χ0v) is 13.5. The number of ether oxygens (including phenoxy) is 1. The Labute approximate surface area is 130 Å². The predicted molar refractivity (Wildman–Crippen MR) is 86.9 cm³/mol. The monoisotopic (exact) mass is 303 g/mol. The minimum Gasteiger partial charge on any atom is -0.493 e. The van der Waals surface area contributed by atoms with E-state index in [-0.39, 0.29) is 11.9 Å². The lowest BCUT2D eigenvalue weighted by Crippen LogP contribution is -2.27. The topological polar surface area (TPSA) is 38.3 Å². The third-order valence-corrected chi connectivity index (χ3v) is 4.39. The van der Waals surface area contributed by atoms with Gasteiger partial charge < -0.3 is 10.1 Å². The largest absolute Gasteiger partial charge is 0.493 e. The quantitative estimate of drug-likeness (QED) is 0.875. The Morgan fingerprint density at radius 1 is 1.24 bits per heavy atom. The molecule has 0 spiro atoms. The van der Waals surface area contributed by atoms with E-state index in [0.717, 1.165) is 16.9 Å². The van der Waals surface area contributed by atoms with Gasteiger partial charge in [-0.15, -0.1) is 11.3 Å². The lowest BCUT2D eigenvalue weighted by atomic mass is 10.1. The number of nitrogens with one attached hydrogen (secondary N) is 1. The number of rotatable bonds is 6. The molecule has 0 aliphatic heterocycles. The van der Waals surface area contributed by atoms with Crippen molar-refractivity contribution in [3.63, 3.8) is 0 Å². The van der Waals surface area contributed by atoms with Crippen LogP contribution in [-0.2, 0) is 4.79 Å². The van der Waals surface area contributed by atoms with E-state index in [1.165, 1.54) is 4.88 Å². The highest BCUT2D eigenvalue weighted by molar-refractivity contribution is 7.10. The van der Waals surface area contributed by atoms with Crippen LogP contribution in [0.4, 0.5) is 0 Å². The smallest absolute Gasteiger partial charge is 0.223 e. The van der Waals surface area contributed by atoms with Crippen molar-refractivity contribution in [3.8, 4) is 5.75 Å². The van der Waals surface area contributed by atoms with Crippen LogP contribution in [0.15, 0.2) is 35.7 Å². The van der Waals surface area contributed by atoms with E-state index in [2.05, 4.69) is 5.32 Å². The molecule has 2 aromatic rings. The number of benzene rings is 1. The standard InChI is InChI=1S/C17H21NO2S/c1-12-6-4-7-13(2)17(12)20-10-9-16(19)18-14(3)15-8-5-11-21-15/h4-8,11,14H,9-10H2,1-3H3,(H,18,19)/t14-/m0/s1. The average molecular weight is 303 g/mol. The summed E-state index contributed by atoms with van der Waals surface area (Å²) in [6.45, 7) is 6.42. The number of thiophene rings is 1. The third kappa shape index (κ3) is 4.33. The highest BCUT2D eigenvalue weighted by atomic mass is 32.1. The van der Waals surface area contributed by atoms with E-state index >= 15 is 0 Å². The predicted octanol–water partition coefficient (Wildman–Crippen LogP) is 4.01. The summed E-state index contributed by atoms with van der Waals surface area (Å²) in [5.41, 5.74) is 2.20. The van der Waals surface area contributed by atoms with Crippen LogP contribution in [0.5, 0.6) is 5.75 Å². The fraction of sp³-hybridized carbons (Fsp3) is 0.353. The van der Waals surface area contributed by atoms with Crippen LogP contribution in [0.2, 0.25) is 0 Å². The Hall–Kier alpha value is -1.81. The number of carbonyl (C=O) groups is 1. The zero-order valence-electron chi connectivity index (χ0n) is 12.7. The molecule has 21 heavy (non-hydrogen) atoms. The number of para-hydroxylation sites is 1. The molecule has 0 saturated heterocycles. The molecule has 0 bridgehead atoms. The molecule has 1 atom stereocenters. The Morgan fingerprint density at radius 2 is 1.95 bits per heavy atom. The summed E-state index contributed by atoms with van der Waals surface area (Å²) in [7, 11) is 0. The van der Waals surface area contributed by atoms with Gasteiger partial charge in [0.1, 0.15) is 5.75 Å². The third-order valence-electron chi connectivity index (χ3n) is 3.33. The fourth-order valence-corrected chi connectivity index (χ4v) is 2.93. The van der Waals surface area contributed by atoms with Crippen LogP contribution >= 0.6 is 11.3 Å². The van der Waals surface area contributed by atoms with Gasteiger partial charge in [-0.3, -0.25) is 4.79 Å². The molecule has 0 aliphatic rings. The second-order valence-corrected chi connectivity index (χ2v) is 6.10. The maximum Gasteiger partial charge on any atom is 0.223 e. The Kier molecular flexibility index (Phi) is 5.39. The summed E-state index contributed by atoms with van der Waals surface area (Å²) < 4.78 is 5.75. The minimum atomic E-state index is 0.0159. The molecule has 0 saturated carbocycles. The second kappa shape index (κ2) is 7.27. The van der Waals surface area contributed by atoms with Gasteiger partial charge >= 0.3 is 0 Å². The summed E-state index contributed by atoms with van der Waals surface area (Å²) in [4.78, 5) is 13.1. The van der Waals surface area contributed by atoms with Crippen molar-refractivity contribution in [2.45, 2.75) is 33.2 Å². The number of aryl methyl sites for hydroxylation is 2. The lowest BCUT2D eigenvalue weighted by molar-refractivity contribution is -0.122. The number of amides is 1. The highest BCUT2D eigenvalue weighted by Gasteiger charge is 2.11. The van der Waals surface area contributed by atoms with Crippen LogP contribution in [0.25, 0.3) is 0 Å². The van der Waals surface area contributed by atoms with Crippen molar-refractivity contribution < 1.29 is 9.53 Å². The first-order valence-electron chi connectivity index (χ1n) is 7.09. The SMILES string of the molecule is Cc1cccc(C)c1OCCC(=O)N[C@@H](C)c1cccs1. The summed E-state index contributed by atoms with van der Waals surface area (Å²) in [5, 5.41) is 5.01. The fourth-order valence-electron chi connectivity index (χ4n) is 2.20. The normalized spacial score (nSPS) is 12.0. The van der Waals surface area contributed by atoms with Crippen LogP contribution < -0.4 is 10.1 Å². The molecule has 0 aliphatic carbocycles. The van der Waals surface area contributed by atoms with Gasteiger partial charge in [0.2, 0.25) is 5.91 Å². The van der Waals surface area contributed by atoms with E-state index < -0.39 is 0 Å². The molecule has 3 nitrogen and oxygen atoms in total. The number of hydrogen-bond donors (Lipinski definition) is 1. The van der Waals surface area contributed by atoms with Crippen LogP contribution in [0.1, 0.15) is 35.4 Å². The van der Waals surface area contributed by atoms with Gasteiger partial charge in [-0.25, -0.2) is 0 Å². The van der Waals surface area contributed by atoms with E-state index in [1.54, 1.807) is 11.3 Å². The van der Waals surface area contributed by atoms with Crippen molar-refractivity contribution >= 4 is 17.2 Å². The van der Waals surface area contributed by atoms with Gasteiger partial charge in [0, 0.05) is 4.88 Å². The summed E-state index contributed by atoms with van der Waals surface area (Å²) in [6, 6.07) is 10.1. The summed E-state index contributed by atoms with van der Waals surface area (Å²) >= 11 is 1.65. The van der Waals surface area contributed by atoms with E-state index in [4.69, 9.17) is 4.74 Å². The van der Waals surface area contributed by atoms with Gasteiger partial charge in [0.05, 0.1) is 19.1 Å². The molecule has 1 aromatic carbocycles. The van der Waals surface area contributed by atoms with Crippen molar-refractivity contribution in [1.82, 2.24) is 5.32 Å². The molecule has 1 heterocycles. The average Bonchev–Trinajstić information content (AvgIpc) is 2.96. The Morgan fingerprint density at radius 3 is 2.57 bits per heavy atom. The first-order valence-corrected chi connectivity index (χ1v) is 7.97. The van der Waals surface area contributed by atoms with Crippen LogP contribution in [0.3, 0.4) is 0 Å². The maximum atomic E-state index is 11.9. The second-order valence-electron chi connectivity index (χ2n) is 5.12. The number of hydrogen-bond acceptors (Lipinski definition) is 3. The van der Waals surface area contributed by atoms with E-state index in [1.807, 2.05) is 56.5 Å². The molecule has 0 radical (unpaired) electrons. The minimum absolute atomic E-state index is 0.0159. The van der Waals surface area contributed by atoms with Crippen molar-refractivity contribution in [2.75, 3.05) is 6.61 Å². The van der Waals surface area contributed by atoms with E-state index in [0.29, 0.717) is 13.0 Å². The first kappa shape index (κ1) is 15.6. The Bertz CT molecular complexity index is 573. The number of carbonyl (C=O) groups excluding carboxylic acids is 1. The molecular formula is C17H21NO2S. The molecule has 1 N–H and O–H groups in total. The molecule has 1 aromatic heterocycles. The van der Waals surface area contributed by atoms with Crippen LogP contribution in [-0.4, -0.2) is 12.5 Å². The van der Waals surface area contributed by atoms with Crippen molar-refractivity contribution in [2.24, 2.45) is 0 Å². The van der Waals surface area contributed by atoms with Crippen LogP contribution in [0, 0.1) is 13.8 Å². The Balaban J connectivity index is 1.79. The summed E-state index contributed by atoms with van der Waals surface area (Å²) in [5.74, 6) is 0.902. The molecular weight excluding hydrogens is 282 g/mol. The molecule has 1 amide bonds. The highest BCUT2D eigenvalue weighted by Crippen LogP contribution is 2.22.